The van der Waals surface area contributed by atoms with Gasteiger partial charge in [-0.25, -0.2) is 4.79 Å². The van der Waals surface area contributed by atoms with Crippen LogP contribution in [0.4, 0.5) is 0 Å². The van der Waals surface area contributed by atoms with Gasteiger partial charge in [-0.3, -0.25) is 0 Å². The van der Waals surface area contributed by atoms with Crippen molar-refractivity contribution in [3.8, 4) is 0 Å². The number of carbonyl (C=O) groups excluding carboxylic acids is 1. The molecular formula is C17H23NO2. The number of nitrogens with zero attached hydrogens (tertiary/aromatic N) is 1. The smallest absolute Gasteiger partial charge is 0.338 e. The molecule has 2 bridgehead atoms. The highest BCUT2D eigenvalue weighted by Crippen LogP contribution is 2.36. The van der Waals surface area contributed by atoms with Crippen LogP contribution >= 0.6 is 0 Å². The van der Waals surface area contributed by atoms with Gasteiger partial charge in [0.2, 0.25) is 0 Å². The maximum absolute atomic E-state index is 12.3. The Balaban J connectivity index is 1.70. The molecule has 0 amide bonds. The summed E-state index contributed by atoms with van der Waals surface area (Å²) in [5, 5.41) is 0. The van der Waals surface area contributed by atoms with Crippen LogP contribution in [-0.2, 0) is 4.74 Å². The van der Waals surface area contributed by atoms with Crippen LogP contribution in [0, 0.1) is 19.8 Å². The molecule has 0 radical (unpaired) electrons. The van der Waals surface area contributed by atoms with Crippen molar-refractivity contribution in [3.05, 3.63) is 34.9 Å². The van der Waals surface area contributed by atoms with Gasteiger partial charge in [0.05, 0.1) is 5.56 Å². The Morgan fingerprint density at radius 3 is 2.45 bits per heavy atom. The zero-order valence-electron chi connectivity index (χ0n) is 12.6. The van der Waals surface area contributed by atoms with E-state index in [-0.39, 0.29) is 12.1 Å². The number of fused-ring (bicyclic) bond motifs is 3. The summed E-state index contributed by atoms with van der Waals surface area (Å²) in [6.07, 6.45) is 3.55. The average Bonchev–Trinajstić information content (AvgIpc) is 2.39. The van der Waals surface area contributed by atoms with Crippen molar-refractivity contribution in [2.24, 2.45) is 5.92 Å². The van der Waals surface area contributed by atoms with Crippen LogP contribution < -0.4 is 0 Å². The largest absolute Gasteiger partial charge is 0.458 e. The minimum absolute atomic E-state index is 0.110. The molecule has 3 atom stereocenters. The fourth-order valence-electron chi connectivity index (χ4n) is 3.74. The van der Waals surface area contributed by atoms with Crippen LogP contribution in [0.25, 0.3) is 0 Å². The van der Waals surface area contributed by atoms with Gasteiger partial charge in [-0.2, -0.15) is 0 Å². The van der Waals surface area contributed by atoms with Crippen molar-refractivity contribution in [2.45, 2.75) is 45.3 Å². The standard InChI is InChI=1S/C17H23NO2/c1-11-6-12(2)8-14(7-11)17(19)20-16-9-15-5-4-13(16)10-18(15)3/h6-8,13,15-16H,4-5,9-10H2,1-3H3/t13-,15-,16-/m1/s1. The molecule has 1 aromatic carbocycles. The highest BCUT2D eigenvalue weighted by Gasteiger charge is 2.40. The monoisotopic (exact) mass is 273 g/mol. The van der Waals surface area contributed by atoms with Crippen molar-refractivity contribution < 1.29 is 9.53 Å². The van der Waals surface area contributed by atoms with Crippen molar-refractivity contribution in [2.75, 3.05) is 13.6 Å². The Labute approximate surface area is 120 Å². The van der Waals surface area contributed by atoms with Crippen molar-refractivity contribution in [1.29, 1.82) is 0 Å². The first-order valence-electron chi connectivity index (χ1n) is 7.52. The van der Waals surface area contributed by atoms with Gasteiger partial charge in [-0.1, -0.05) is 17.2 Å². The first kappa shape index (κ1) is 13.6. The van der Waals surface area contributed by atoms with Gasteiger partial charge in [-0.15, -0.1) is 0 Å². The van der Waals surface area contributed by atoms with E-state index in [1.807, 2.05) is 26.0 Å². The normalized spacial score (nSPS) is 29.4. The van der Waals surface area contributed by atoms with Gasteiger partial charge in [0.25, 0.3) is 0 Å². The molecule has 3 nitrogen and oxygen atoms in total. The zero-order valence-corrected chi connectivity index (χ0v) is 12.6. The lowest BCUT2D eigenvalue weighted by Gasteiger charge is -2.47. The molecule has 1 aliphatic carbocycles. The van der Waals surface area contributed by atoms with E-state index >= 15 is 0 Å². The minimum atomic E-state index is -0.156. The van der Waals surface area contributed by atoms with E-state index in [2.05, 4.69) is 18.0 Å². The SMILES string of the molecule is Cc1cc(C)cc(C(=O)O[C@@H]2C[C@H]3CC[C@@H]2CN3C)c1. The molecule has 0 N–H and O–H groups in total. The molecule has 108 valence electrons. The molecule has 2 heterocycles. The van der Waals surface area contributed by atoms with E-state index in [9.17, 15) is 4.79 Å². The highest BCUT2D eigenvalue weighted by atomic mass is 16.5. The van der Waals surface area contributed by atoms with Crippen molar-refractivity contribution in [1.82, 2.24) is 4.90 Å². The lowest BCUT2D eigenvalue weighted by atomic mass is 9.78. The molecular weight excluding hydrogens is 250 g/mol. The van der Waals surface area contributed by atoms with E-state index in [0.717, 1.165) is 24.1 Å². The number of esters is 1. The molecule has 0 spiro atoms. The predicted molar refractivity (Wildman–Crippen MR) is 78.9 cm³/mol. The van der Waals surface area contributed by atoms with E-state index in [0.29, 0.717) is 17.5 Å². The van der Waals surface area contributed by atoms with Crippen LogP contribution in [-0.4, -0.2) is 36.6 Å². The summed E-state index contributed by atoms with van der Waals surface area (Å²) >= 11 is 0. The predicted octanol–water partition coefficient (Wildman–Crippen LogP) is 2.94. The highest BCUT2D eigenvalue weighted by molar-refractivity contribution is 5.90. The topological polar surface area (TPSA) is 29.5 Å². The van der Waals surface area contributed by atoms with Gasteiger partial charge in [0.1, 0.15) is 6.10 Å². The van der Waals surface area contributed by atoms with Gasteiger partial charge < -0.3 is 9.64 Å². The fourth-order valence-corrected chi connectivity index (χ4v) is 3.74. The van der Waals surface area contributed by atoms with Gasteiger partial charge in [0, 0.05) is 24.9 Å². The molecule has 1 aromatic rings. The number of carbonyl (C=O) groups is 1. The molecule has 0 aromatic heterocycles. The Hall–Kier alpha value is -1.35. The summed E-state index contributed by atoms with van der Waals surface area (Å²) in [5.74, 6) is 0.358. The number of aryl methyl sites for hydroxylation is 2. The number of hydrogen-bond donors (Lipinski definition) is 0. The second-order valence-electron chi connectivity index (χ2n) is 6.49. The average molecular weight is 273 g/mol. The number of hydrogen-bond acceptors (Lipinski definition) is 3. The number of ether oxygens (including phenoxy) is 1. The van der Waals surface area contributed by atoms with Gasteiger partial charge in [0.15, 0.2) is 0 Å². The van der Waals surface area contributed by atoms with E-state index in [1.54, 1.807) is 0 Å². The molecule has 3 heteroatoms. The third-order valence-corrected chi connectivity index (χ3v) is 4.76. The quantitative estimate of drug-likeness (QED) is 0.776. The number of benzene rings is 1. The maximum Gasteiger partial charge on any atom is 0.338 e. The van der Waals surface area contributed by atoms with Crippen molar-refractivity contribution >= 4 is 5.97 Å². The number of piperidine rings is 2. The molecule has 3 aliphatic rings. The summed E-state index contributed by atoms with van der Waals surface area (Å²) in [6, 6.07) is 6.51. The first-order chi connectivity index (χ1) is 9.52. The molecule has 2 saturated heterocycles. The summed E-state index contributed by atoms with van der Waals surface area (Å²) < 4.78 is 5.80. The van der Waals surface area contributed by atoms with Crippen LogP contribution in [0.5, 0.6) is 0 Å². The molecule has 20 heavy (non-hydrogen) atoms. The summed E-state index contributed by atoms with van der Waals surface area (Å²) in [6.45, 7) is 5.10. The van der Waals surface area contributed by atoms with E-state index < -0.39 is 0 Å². The Morgan fingerprint density at radius 1 is 1.20 bits per heavy atom. The van der Waals surface area contributed by atoms with Crippen LogP contribution in [0.2, 0.25) is 0 Å². The minimum Gasteiger partial charge on any atom is -0.458 e. The zero-order chi connectivity index (χ0) is 14.3. The molecule has 2 aliphatic heterocycles. The summed E-state index contributed by atoms with van der Waals surface area (Å²) in [5.41, 5.74) is 2.92. The van der Waals surface area contributed by atoms with E-state index in [1.165, 1.54) is 12.8 Å². The summed E-state index contributed by atoms with van der Waals surface area (Å²) in [4.78, 5) is 14.8. The Kier molecular flexibility index (Phi) is 3.55. The van der Waals surface area contributed by atoms with Crippen molar-refractivity contribution in [3.63, 3.8) is 0 Å². The molecule has 3 fully saturated rings. The van der Waals surface area contributed by atoms with Crippen LogP contribution in [0.1, 0.15) is 40.7 Å². The maximum atomic E-state index is 12.3. The second-order valence-corrected chi connectivity index (χ2v) is 6.49. The third kappa shape index (κ3) is 2.59. The molecule has 0 unspecified atom stereocenters. The lowest BCUT2D eigenvalue weighted by molar-refractivity contribution is -0.0558. The fraction of sp³-hybridized carbons (Fsp3) is 0.588. The van der Waals surface area contributed by atoms with Gasteiger partial charge >= 0.3 is 5.97 Å². The van der Waals surface area contributed by atoms with E-state index in [4.69, 9.17) is 4.74 Å². The molecule has 4 rings (SSSR count). The van der Waals surface area contributed by atoms with Crippen LogP contribution in [0.15, 0.2) is 18.2 Å². The Bertz CT molecular complexity index is 505. The second kappa shape index (κ2) is 5.21. The third-order valence-electron chi connectivity index (χ3n) is 4.76. The number of rotatable bonds is 2. The van der Waals surface area contributed by atoms with Gasteiger partial charge in [-0.05, 0) is 45.9 Å². The Morgan fingerprint density at radius 2 is 1.90 bits per heavy atom. The summed E-state index contributed by atoms with van der Waals surface area (Å²) in [7, 11) is 2.18. The van der Waals surface area contributed by atoms with Crippen LogP contribution in [0.3, 0.4) is 0 Å². The lowest BCUT2D eigenvalue weighted by Crippen LogP contribution is -2.53. The first-order valence-corrected chi connectivity index (χ1v) is 7.52. The molecule has 1 saturated carbocycles.